The molecule has 0 saturated heterocycles. The van der Waals surface area contributed by atoms with Gasteiger partial charge < -0.3 is 14.2 Å². The van der Waals surface area contributed by atoms with Gasteiger partial charge in [0.1, 0.15) is 5.82 Å². The van der Waals surface area contributed by atoms with Gasteiger partial charge in [0.2, 0.25) is 0 Å². The van der Waals surface area contributed by atoms with Crippen LogP contribution in [0.25, 0.3) is 0 Å². The van der Waals surface area contributed by atoms with Crippen molar-refractivity contribution in [2.24, 2.45) is 0 Å². The molecule has 0 aliphatic carbocycles. The molecule has 0 spiro atoms. The molecule has 3 rings (SSSR count). The van der Waals surface area contributed by atoms with Gasteiger partial charge in [-0.25, -0.2) is 8.78 Å². The van der Waals surface area contributed by atoms with E-state index in [4.69, 9.17) is 9.47 Å². The van der Waals surface area contributed by atoms with Crippen LogP contribution in [0.1, 0.15) is 24.5 Å². The van der Waals surface area contributed by atoms with Crippen LogP contribution in [-0.4, -0.2) is 24.9 Å². The third-order valence-electron chi connectivity index (χ3n) is 4.98. The first-order chi connectivity index (χ1) is 17.0. The van der Waals surface area contributed by atoms with E-state index in [-0.39, 0.29) is 23.9 Å². The summed E-state index contributed by atoms with van der Waals surface area (Å²) in [6, 6.07) is 12.6. The third-order valence-corrected chi connectivity index (χ3v) is 6.01. The Balaban J connectivity index is 1.68. The maximum Gasteiger partial charge on any atom is 0.416 e. The zero-order valence-electron chi connectivity index (χ0n) is 19.4. The highest BCUT2D eigenvalue weighted by Gasteiger charge is 2.32. The molecular formula is C26H23F5O4S. The number of thioether (sulfide) groups is 1. The molecule has 0 amide bonds. The first-order valence-electron chi connectivity index (χ1n) is 10.8. The Hall–Kier alpha value is -3.27. The molecule has 192 valence electrons. The normalized spacial score (nSPS) is 12.2. The van der Waals surface area contributed by atoms with Crippen LogP contribution in [-0.2, 0) is 22.1 Å². The van der Waals surface area contributed by atoms with E-state index in [9.17, 15) is 26.7 Å². The van der Waals surface area contributed by atoms with Gasteiger partial charge >= 0.3 is 12.1 Å². The van der Waals surface area contributed by atoms with E-state index in [1.807, 2.05) is 24.3 Å². The lowest BCUT2D eigenvalue weighted by atomic mass is 10.1. The zero-order valence-corrected chi connectivity index (χ0v) is 20.2. The van der Waals surface area contributed by atoms with Crippen LogP contribution in [0.15, 0.2) is 65.6 Å². The molecule has 0 N–H and O–H groups in total. The van der Waals surface area contributed by atoms with Gasteiger partial charge in [-0.2, -0.15) is 13.2 Å². The Kier molecular flexibility index (Phi) is 9.19. The van der Waals surface area contributed by atoms with Gasteiger partial charge in [0.25, 0.3) is 0 Å². The van der Waals surface area contributed by atoms with E-state index < -0.39 is 35.2 Å². The minimum absolute atomic E-state index is 0.00991. The Labute approximate surface area is 209 Å². The van der Waals surface area contributed by atoms with Crippen molar-refractivity contribution in [1.82, 2.24) is 0 Å². The summed E-state index contributed by atoms with van der Waals surface area (Å²) in [6.07, 6.45) is -4.39. The second-order valence-corrected chi connectivity index (χ2v) is 8.97. The third kappa shape index (κ3) is 7.87. The fraction of sp³-hybridized carbons (Fsp3) is 0.269. The lowest BCUT2D eigenvalue weighted by Crippen LogP contribution is -2.14. The van der Waals surface area contributed by atoms with Crippen LogP contribution in [0.2, 0.25) is 0 Å². The molecular weight excluding hydrogens is 503 g/mol. The number of rotatable bonds is 10. The van der Waals surface area contributed by atoms with Crippen LogP contribution in [0, 0.1) is 11.6 Å². The van der Waals surface area contributed by atoms with Crippen LogP contribution in [0.4, 0.5) is 22.0 Å². The standard InChI is InChI=1S/C26H23F5O4S/c1-16(10-11-36-20-5-3-4-17(12-20)13-25(32)33-2)34-23-8-6-18(26(29,30)31)14-24(23)35-22-9-7-19(27)15-21(22)28/h3-9,12,14-16H,10-11,13H2,1-2H3/t16-/m1/s1. The Bertz CT molecular complexity index is 1200. The molecule has 36 heavy (non-hydrogen) atoms. The zero-order chi connectivity index (χ0) is 26.3. The van der Waals surface area contributed by atoms with Crippen molar-refractivity contribution in [3.8, 4) is 17.2 Å². The second-order valence-electron chi connectivity index (χ2n) is 7.80. The summed E-state index contributed by atoms with van der Waals surface area (Å²) < 4.78 is 82.8. The Morgan fingerprint density at radius 1 is 0.972 bits per heavy atom. The molecule has 0 fully saturated rings. The maximum atomic E-state index is 14.1. The van der Waals surface area contributed by atoms with Crippen molar-refractivity contribution in [2.75, 3.05) is 12.9 Å². The summed E-state index contributed by atoms with van der Waals surface area (Å²) >= 11 is 1.53. The molecule has 0 bridgehead atoms. The molecule has 0 aliphatic rings. The molecule has 0 unspecified atom stereocenters. The summed E-state index contributed by atoms with van der Waals surface area (Å²) in [5, 5.41) is 0. The SMILES string of the molecule is COC(=O)Cc1cccc(SCC[C@@H](C)Oc2ccc(C(F)(F)F)cc2Oc2ccc(F)cc2F)c1. The van der Waals surface area contributed by atoms with Crippen molar-refractivity contribution in [3.05, 3.63) is 83.4 Å². The topological polar surface area (TPSA) is 44.8 Å². The van der Waals surface area contributed by atoms with Gasteiger partial charge in [-0.15, -0.1) is 11.8 Å². The number of halogens is 5. The summed E-state index contributed by atoms with van der Waals surface area (Å²) in [4.78, 5) is 12.4. The highest BCUT2D eigenvalue weighted by Crippen LogP contribution is 2.39. The van der Waals surface area contributed by atoms with E-state index in [0.29, 0.717) is 24.3 Å². The number of esters is 1. The highest BCUT2D eigenvalue weighted by atomic mass is 32.2. The largest absolute Gasteiger partial charge is 0.487 e. The molecule has 1 atom stereocenters. The van der Waals surface area contributed by atoms with Gasteiger partial charge in [-0.1, -0.05) is 12.1 Å². The number of carbonyl (C=O) groups is 1. The summed E-state index contributed by atoms with van der Waals surface area (Å²) in [7, 11) is 1.33. The Morgan fingerprint density at radius 3 is 2.42 bits per heavy atom. The smallest absolute Gasteiger partial charge is 0.416 e. The van der Waals surface area contributed by atoms with Crippen molar-refractivity contribution in [1.29, 1.82) is 0 Å². The first kappa shape index (κ1) is 27.3. The molecule has 3 aromatic carbocycles. The van der Waals surface area contributed by atoms with Crippen molar-refractivity contribution in [3.63, 3.8) is 0 Å². The monoisotopic (exact) mass is 526 g/mol. The van der Waals surface area contributed by atoms with Crippen LogP contribution in [0.3, 0.4) is 0 Å². The van der Waals surface area contributed by atoms with Gasteiger partial charge in [0.15, 0.2) is 23.1 Å². The average molecular weight is 527 g/mol. The molecule has 0 saturated carbocycles. The molecule has 0 aliphatic heterocycles. The molecule has 0 heterocycles. The number of methoxy groups -OCH3 is 1. The second kappa shape index (κ2) is 12.1. The Morgan fingerprint density at radius 2 is 1.72 bits per heavy atom. The summed E-state index contributed by atoms with van der Waals surface area (Å²) in [6.45, 7) is 1.74. The summed E-state index contributed by atoms with van der Waals surface area (Å²) in [5.41, 5.74) is -0.182. The maximum absolute atomic E-state index is 14.1. The summed E-state index contributed by atoms with van der Waals surface area (Å²) in [5.74, 6) is -2.41. The van der Waals surface area contributed by atoms with Crippen LogP contribution in [0.5, 0.6) is 17.2 Å². The lowest BCUT2D eigenvalue weighted by Gasteiger charge is -2.19. The minimum Gasteiger partial charge on any atom is -0.487 e. The van der Waals surface area contributed by atoms with Crippen molar-refractivity contribution < 1.29 is 41.0 Å². The van der Waals surface area contributed by atoms with E-state index in [1.165, 1.54) is 18.9 Å². The fourth-order valence-electron chi connectivity index (χ4n) is 3.14. The predicted octanol–water partition coefficient (Wildman–Crippen LogP) is 7.44. The molecule has 3 aromatic rings. The number of ether oxygens (including phenoxy) is 3. The highest BCUT2D eigenvalue weighted by molar-refractivity contribution is 7.99. The van der Waals surface area contributed by atoms with Gasteiger partial charge in [0, 0.05) is 16.7 Å². The molecule has 10 heteroatoms. The molecule has 0 aromatic heterocycles. The number of hydrogen-bond donors (Lipinski definition) is 0. The number of alkyl halides is 3. The van der Waals surface area contributed by atoms with Crippen LogP contribution >= 0.6 is 11.8 Å². The lowest BCUT2D eigenvalue weighted by molar-refractivity contribution is -0.140. The van der Waals surface area contributed by atoms with Gasteiger partial charge in [-0.3, -0.25) is 4.79 Å². The van der Waals surface area contributed by atoms with E-state index in [0.717, 1.165) is 34.7 Å². The molecule has 0 radical (unpaired) electrons. The van der Waals surface area contributed by atoms with Crippen molar-refractivity contribution in [2.45, 2.75) is 36.9 Å². The average Bonchev–Trinajstić information content (AvgIpc) is 2.81. The van der Waals surface area contributed by atoms with Crippen LogP contribution < -0.4 is 9.47 Å². The predicted molar refractivity (Wildman–Crippen MR) is 125 cm³/mol. The van der Waals surface area contributed by atoms with Gasteiger partial charge in [0.05, 0.1) is 25.2 Å². The number of carbonyl (C=O) groups excluding carboxylic acids is 1. The van der Waals surface area contributed by atoms with E-state index in [2.05, 4.69) is 4.74 Å². The quantitative estimate of drug-likeness (QED) is 0.156. The number of hydrogen-bond acceptors (Lipinski definition) is 5. The fourth-order valence-corrected chi connectivity index (χ4v) is 4.24. The molecule has 4 nitrogen and oxygen atoms in total. The first-order valence-corrected chi connectivity index (χ1v) is 11.8. The van der Waals surface area contributed by atoms with E-state index in [1.54, 1.807) is 6.92 Å². The number of benzene rings is 3. The van der Waals surface area contributed by atoms with E-state index >= 15 is 0 Å². The van der Waals surface area contributed by atoms with Crippen molar-refractivity contribution >= 4 is 17.7 Å². The van der Waals surface area contributed by atoms with Gasteiger partial charge in [-0.05, 0) is 61.4 Å². The minimum atomic E-state index is -4.65.